The van der Waals surface area contributed by atoms with E-state index in [2.05, 4.69) is 45.8 Å². The van der Waals surface area contributed by atoms with Crippen LogP contribution in [0.4, 0.5) is 4.39 Å². The molecule has 0 saturated heterocycles. The quantitative estimate of drug-likeness (QED) is 0.756. The summed E-state index contributed by atoms with van der Waals surface area (Å²) in [6, 6.07) is 5.14. The molecule has 0 atom stereocenters. The Kier molecular flexibility index (Phi) is 5.19. The summed E-state index contributed by atoms with van der Waals surface area (Å²) in [6.07, 6.45) is 0. The second-order valence-corrected chi connectivity index (χ2v) is 19.9. The Morgan fingerprint density at radius 1 is 0.800 bits per heavy atom. The van der Waals surface area contributed by atoms with Crippen molar-refractivity contribution >= 4 is 30.4 Å². The molecular weight excluding hydrogens is 303 g/mol. The lowest BCUT2D eigenvalue weighted by Crippen LogP contribution is -2.60. The molecule has 0 aliphatic heterocycles. The van der Waals surface area contributed by atoms with Crippen LogP contribution in [0.5, 0.6) is 0 Å². The van der Waals surface area contributed by atoms with Crippen molar-refractivity contribution < 1.29 is 12.6 Å². The zero-order valence-corrected chi connectivity index (χ0v) is 16.9. The van der Waals surface area contributed by atoms with E-state index in [1.807, 2.05) is 13.0 Å². The van der Waals surface area contributed by atoms with Crippen molar-refractivity contribution in [3.8, 4) is 0 Å². The van der Waals surface area contributed by atoms with Crippen LogP contribution >= 0.6 is 0 Å². The molecule has 20 heavy (non-hydrogen) atoms. The van der Waals surface area contributed by atoms with Gasteiger partial charge in [-0.1, -0.05) is 6.07 Å². The monoisotopic (exact) mass is 330 g/mol. The maximum Gasteiger partial charge on any atom is 0.348 e. The topological polar surface area (TPSA) is 18.5 Å². The highest BCUT2D eigenvalue weighted by Crippen LogP contribution is 2.21. The molecule has 0 heterocycles. The van der Waals surface area contributed by atoms with E-state index < -0.39 is 25.2 Å². The lowest BCUT2D eigenvalue weighted by molar-refractivity contribution is 0.404. The van der Waals surface area contributed by atoms with E-state index in [-0.39, 0.29) is 5.82 Å². The summed E-state index contributed by atoms with van der Waals surface area (Å²) in [4.78, 5) is 0. The van der Waals surface area contributed by atoms with Crippen LogP contribution in [-0.2, 0) is 8.23 Å². The number of halogens is 1. The fourth-order valence-electron chi connectivity index (χ4n) is 2.31. The van der Waals surface area contributed by atoms with E-state index in [1.54, 1.807) is 12.1 Å². The Labute approximate surface area is 125 Å². The molecule has 0 amide bonds. The Morgan fingerprint density at radius 2 is 1.25 bits per heavy atom. The zero-order valence-electron chi connectivity index (χ0n) is 13.9. The molecule has 0 bridgehead atoms. The molecule has 2 nitrogen and oxygen atoms in total. The third kappa shape index (κ3) is 5.61. The first kappa shape index (κ1) is 17.8. The molecule has 0 spiro atoms. The second kappa shape index (κ2) is 5.84. The smallest absolute Gasteiger partial charge is 0.348 e. The summed E-state index contributed by atoms with van der Waals surface area (Å²) in [6.45, 7) is 16.9. The summed E-state index contributed by atoms with van der Waals surface area (Å²) in [5.41, 5.74) is 0.914. The summed E-state index contributed by atoms with van der Waals surface area (Å²) in [5, 5.41) is 0.903. The molecule has 1 aromatic carbocycles. The van der Waals surface area contributed by atoms with Crippen molar-refractivity contribution in [2.75, 3.05) is 0 Å². The van der Waals surface area contributed by atoms with Crippen LogP contribution in [0.2, 0.25) is 45.8 Å². The number of hydrogen-bond acceptors (Lipinski definition) is 2. The fourth-order valence-corrected chi connectivity index (χ4v) is 14.0. The molecule has 0 aliphatic rings. The number of hydrogen-bond donors (Lipinski definition) is 0. The zero-order chi connectivity index (χ0) is 15.8. The van der Waals surface area contributed by atoms with E-state index in [1.165, 1.54) is 0 Å². The summed E-state index contributed by atoms with van der Waals surface area (Å²) in [7, 11) is -6.12. The van der Waals surface area contributed by atoms with Gasteiger partial charge in [0.15, 0.2) is 16.6 Å². The maximum absolute atomic E-state index is 13.8. The van der Waals surface area contributed by atoms with Gasteiger partial charge in [0, 0.05) is 0 Å². The van der Waals surface area contributed by atoms with E-state index in [0.717, 1.165) is 10.8 Å². The van der Waals surface area contributed by atoms with E-state index in [4.69, 9.17) is 8.23 Å². The average molecular weight is 331 g/mol. The van der Waals surface area contributed by atoms with Crippen LogP contribution in [0.3, 0.4) is 0 Å². The lowest BCUT2D eigenvalue weighted by atomic mass is 10.2. The molecule has 0 fully saturated rings. The highest BCUT2D eigenvalue weighted by Gasteiger charge is 2.42. The van der Waals surface area contributed by atoms with Crippen molar-refractivity contribution in [2.45, 2.75) is 52.8 Å². The van der Waals surface area contributed by atoms with Crippen LogP contribution in [0.1, 0.15) is 5.56 Å². The third-order valence-corrected chi connectivity index (χ3v) is 11.9. The van der Waals surface area contributed by atoms with E-state index in [9.17, 15) is 4.39 Å². The Bertz CT molecular complexity index is 442. The van der Waals surface area contributed by atoms with Crippen LogP contribution in [-0.4, -0.2) is 25.2 Å². The van der Waals surface area contributed by atoms with Gasteiger partial charge in [0.05, 0.1) is 0 Å². The highest BCUT2D eigenvalue weighted by atomic mass is 28.5. The Balaban J connectivity index is 3.28. The predicted octanol–water partition coefficient (Wildman–Crippen LogP) is 4.12. The molecule has 114 valence electrons. The fraction of sp³-hybridized carbons (Fsp3) is 0.571. The van der Waals surface area contributed by atoms with Crippen molar-refractivity contribution in [3.05, 3.63) is 29.6 Å². The van der Waals surface area contributed by atoms with Gasteiger partial charge in [-0.25, -0.2) is 4.39 Å². The molecule has 0 aliphatic carbocycles. The minimum absolute atomic E-state index is 0.211. The number of benzene rings is 1. The molecule has 0 aromatic heterocycles. The Hall–Kier alpha value is -0.279. The predicted molar refractivity (Wildman–Crippen MR) is 91.3 cm³/mol. The van der Waals surface area contributed by atoms with Gasteiger partial charge >= 0.3 is 8.56 Å². The van der Waals surface area contributed by atoms with Gasteiger partial charge in [-0.2, -0.15) is 0 Å². The maximum atomic E-state index is 13.8. The largest absolute Gasteiger partial charge is 0.433 e. The van der Waals surface area contributed by atoms with E-state index in [0.29, 0.717) is 0 Å². The first-order valence-corrected chi connectivity index (χ1v) is 16.1. The third-order valence-electron chi connectivity index (χ3n) is 2.57. The van der Waals surface area contributed by atoms with Gasteiger partial charge in [-0.15, -0.1) is 0 Å². The van der Waals surface area contributed by atoms with Gasteiger partial charge in [0.2, 0.25) is 0 Å². The second-order valence-electron chi connectivity index (χ2n) is 7.39. The minimum atomic E-state index is -2.58. The van der Waals surface area contributed by atoms with Crippen LogP contribution < -0.4 is 5.19 Å². The molecule has 0 radical (unpaired) electrons. The molecule has 0 unspecified atom stereocenters. The normalized spacial score (nSPS) is 13.7. The van der Waals surface area contributed by atoms with Gasteiger partial charge in [-0.05, 0) is 75.6 Å². The first-order valence-electron chi connectivity index (χ1n) is 6.99. The summed E-state index contributed by atoms with van der Waals surface area (Å²) < 4.78 is 26.6. The number of rotatable bonds is 5. The van der Waals surface area contributed by atoms with Gasteiger partial charge in [-0.3, -0.25) is 0 Å². The highest BCUT2D eigenvalue weighted by molar-refractivity contribution is 6.94. The van der Waals surface area contributed by atoms with Crippen molar-refractivity contribution in [2.24, 2.45) is 0 Å². The summed E-state index contributed by atoms with van der Waals surface area (Å²) in [5.74, 6) is -0.211. The van der Waals surface area contributed by atoms with Crippen LogP contribution in [0, 0.1) is 12.7 Å². The minimum Gasteiger partial charge on any atom is -0.433 e. The Morgan fingerprint density at radius 3 is 1.60 bits per heavy atom. The van der Waals surface area contributed by atoms with Crippen LogP contribution in [0.25, 0.3) is 0 Å². The van der Waals surface area contributed by atoms with Gasteiger partial charge in [0.1, 0.15) is 5.82 Å². The molecule has 0 saturated carbocycles. The van der Waals surface area contributed by atoms with Crippen LogP contribution in [0.15, 0.2) is 18.2 Å². The summed E-state index contributed by atoms with van der Waals surface area (Å²) >= 11 is 0. The van der Waals surface area contributed by atoms with Crippen molar-refractivity contribution in [1.82, 2.24) is 0 Å². The molecule has 1 aromatic rings. The molecule has 6 heteroatoms. The van der Waals surface area contributed by atoms with Crippen molar-refractivity contribution in [3.63, 3.8) is 0 Å². The van der Waals surface area contributed by atoms with Gasteiger partial charge in [0.25, 0.3) is 0 Å². The number of aryl methyl sites for hydroxylation is 1. The van der Waals surface area contributed by atoms with Gasteiger partial charge < -0.3 is 8.23 Å². The SMILES string of the molecule is Cc1cc(F)cc([Si](C)(O[Si](C)(C)C)O[Si](C)(C)C)c1. The molecule has 0 N–H and O–H groups in total. The molecule has 1 rings (SSSR count). The molecular formula is C14H27FO2Si3. The average Bonchev–Trinajstić information content (AvgIpc) is 2.08. The van der Waals surface area contributed by atoms with E-state index >= 15 is 0 Å². The standard InChI is InChI=1S/C14H27FO2Si3/c1-12-9-13(15)11-14(10-12)20(8,16-18(2,3)4)17-19(5,6)7/h9-11H,1-8H3. The lowest BCUT2D eigenvalue weighted by Gasteiger charge is -2.38. The van der Waals surface area contributed by atoms with Crippen molar-refractivity contribution in [1.29, 1.82) is 0 Å². The first-order chi connectivity index (χ1) is 8.81.